The zero-order valence-corrected chi connectivity index (χ0v) is 12.6. The van der Waals surface area contributed by atoms with Crippen molar-refractivity contribution in [2.75, 3.05) is 6.66 Å². The van der Waals surface area contributed by atoms with E-state index in [9.17, 15) is 9.46 Å². The van der Waals surface area contributed by atoms with E-state index < -0.39 is 13.3 Å². The highest BCUT2D eigenvalue weighted by Gasteiger charge is 2.31. The molecule has 0 saturated carbocycles. The number of rotatable bonds is 3. The van der Waals surface area contributed by atoms with Gasteiger partial charge < -0.3 is 4.89 Å². The summed E-state index contributed by atoms with van der Waals surface area (Å²) in [5.74, 6) is 0.687. The molecule has 0 radical (unpaired) electrons. The summed E-state index contributed by atoms with van der Waals surface area (Å²) in [6, 6.07) is 3.77. The van der Waals surface area contributed by atoms with Crippen molar-refractivity contribution in [3.8, 4) is 0 Å². The van der Waals surface area contributed by atoms with Crippen LogP contribution in [0.4, 0.5) is 0 Å². The van der Waals surface area contributed by atoms with Crippen molar-refractivity contribution in [2.24, 2.45) is 0 Å². The molecule has 0 spiro atoms. The minimum atomic E-state index is -3.60. The third-order valence-corrected chi connectivity index (χ3v) is 3.54. The Kier molecular flexibility index (Phi) is 3.29. The van der Waals surface area contributed by atoms with Crippen LogP contribution >= 0.6 is 7.60 Å². The lowest BCUT2D eigenvalue weighted by Crippen LogP contribution is -2.29. The van der Waals surface area contributed by atoms with E-state index in [1.807, 2.05) is 26.0 Å². The third-order valence-electron chi connectivity index (χ3n) is 2.76. The van der Waals surface area contributed by atoms with E-state index >= 15 is 0 Å². The maximum absolute atomic E-state index is 11.5. The molecule has 19 heavy (non-hydrogen) atoms. The van der Waals surface area contributed by atoms with Crippen molar-refractivity contribution in [3.05, 3.63) is 23.7 Å². The quantitative estimate of drug-likeness (QED) is 0.876. The second-order valence-corrected chi connectivity index (χ2v) is 6.92. The van der Waals surface area contributed by atoms with Crippen molar-refractivity contribution in [2.45, 2.75) is 33.4 Å². The Bertz CT molecular complexity index is 672. The summed E-state index contributed by atoms with van der Waals surface area (Å²) in [5, 5.41) is 0. The van der Waals surface area contributed by atoms with Crippen molar-refractivity contribution < 1.29 is 14.0 Å². The number of imidazole rings is 1. The molecule has 1 unspecified atom stereocenters. The molecule has 7 heteroatoms. The van der Waals surface area contributed by atoms with Gasteiger partial charge in [0.05, 0.1) is 5.52 Å². The number of aromatic nitrogens is 3. The lowest BCUT2D eigenvalue weighted by molar-refractivity contribution is 0.0232. The Hall–Kier alpha value is -1.23. The number of nitrogens with zero attached hydrogens (tertiary/aromatic N) is 3. The topological polar surface area (TPSA) is 77.2 Å². The fourth-order valence-electron chi connectivity index (χ4n) is 2.31. The van der Waals surface area contributed by atoms with Gasteiger partial charge in [0.2, 0.25) is 0 Å². The van der Waals surface area contributed by atoms with Crippen LogP contribution < -0.4 is 0 Å². The molecule has 0 aliphatic heterocycles. The van der Waals surface area contributed by atoms with E-state index in [1.165, 1.54) is 6.66 Å². The Morgan fingerprint density at radius 1 is 1.32 bits per heavy atom. The van der Waals surface area contributed by atoms with Crippen LogP contribution in [0.3, 0.4) is 0 Å². The average Bonchev–Trinajstić information content (AvgIpc) is 2.49. The van der Waals surface area contributed by atoms with Crippen molar-refractivity contribution in [1.82, 2.24) is 14.5 Å². The summed E-state index contributed by atoms with van der Waals surface area (Å²) in [6.45, 7) is 8.34. The summed E-state index contributed by atoms with van der Waals surface area (Å²) in [7, 11) is -3.60. The fraction of sp³-hybridized carbons (Fsp3) is 0.500. The minimum absolute atomic E-state index is 0.609. The van der Waals surface area contributed by atoms with Crippen molar-refractivity contribution in [3.63, 3.8) is 0 Å². The normalized spacial score (nSPS) is 15.7. The third kappa shape index (κ3) is 2.86. The van der Waals surface area contributed by atoms with E-state index in [2.05, 4.69) is 9.97 Å². The summed E-state index contributed by atoms with van der Waals surface area (Å²) < 4.78 is 18.6. The van der Waals surface area contributed by atoms with Crippen LogP contribution in [0.5, 0.6) is 0 Å². The van der Waals surface area contributed by atoms with E-state index in [0.717, 1.165) is 11.2 Å². The van der Waals surface area contributed by atoms with E-state index in [0.29, 0.717) is 11.5 Å². The van der Waals surface area contributed by atoms with Crippen molar-refractivity contribution in [1.29, 1.82) is 0 Å². The van der Waals surface area contributed by atoms with Gasteiger partial charge in [0, 0.05) is 12.4 Å². The summed E-state index contributed by atoms with van der Waals surface area (Å²) in [5.41, 5.74) is 1.29. The van der Waals surface area contributed by atoms with Crippen LogP contribution in [0, 0.1) is 13.8 Å². The number of hydrogen-bond acceptors (Lipinski definition) is 4. The molecule has 1 N–H and O–H groups in total. The van der Waals surface area contributed by atoms with Gasteiger partial charge in [-0.3, -0.25) is 13.7 Å². The molecule has 2 aromatic heterocycles. The molecule has 0 saturated heterocycles. The van der Waals surface area contributed by atoms with Crippen molar-refractivity contribution >= 4 is 18.8 Å². The van der Waals surface area contributed by atoms with Gasteiger partial charge in [-0.25, -0.2) is 9.97 Å². The summed E-state index contributed by atoms with van der Waals surface area (Å²) in [6.07, 6.45) is 0. The summed E-state index contributed by atoms with van der Waals surface area (Å²) >= 11 is 0. The van der Waals surface area contributed by atoms with Gasteiger partial charge in [-0.1, -0.05) is 0 Å². The highest BCUT2D eigenvalue weighted by molar-refractivity contribution is 7.51. The number of hydrogen-bond donors (Lipinski definition) is 1. The van der Waals surface area contributed by atoms with Gasteiger partial charge in [-0.2, -0.15) is 0 Å². The lowest BCUT2D eigenvalue weighted by atomic mass is 10.2. The maximum Gasteiger partial charge on any atom is 0.327 e. The standard InChI is InChI=1S/C12H18N3O3P/c1-8-6-7-10-11(13-8)14-9(2)15(10)12(3,4)18-19(5,16)17/h6-7H,1-5H3,(H,16,17). The Morgan fingerprint density at radius 3 is 2.53 bits per heavy atom. The predicted molar refractivity (Wildman–Crippen MR) is 73.2 cm³/mol. The molecule has 1 atom stereocenters. The van der Waals surface area contributed by atoms with Gasteiger partial charge >= 0.3 is 7.60 Å². The molecule has 0 amide bonds. The molecular weight excluding hydrogens is 265 g/mol. The molecule has 2 rings (SSSR count). The molecule has 104 valence electrons. The Morgan fingerprint density at radius 2 is 1.95 bits per heavy atom. The highest BCUT2D eigenvalue weighted by Crippen LogP contribution is 2.44. The highest BCUT2D eigenvalue weighted by atomic mass is 31.2. The first-order valence-corrected chi connectivity index (χ1v) is 7.97. The molecule has 2 heterocycles. The second kappa shape index (κ2) is 4.40. The van der Waals surface area contributed by atoms with E-state index in [1.54, 1.807) is 18.4 Å². The fourth-order valence-corrected chi connectivity index (χ4v) is 3.22. The van der Waals surface area contributed by atoms with Gasteiger partial charge in [0.1, 0.15) is 11.5 Å². The molecular formula is C12H18N3O3P. The van der Waals surface area contributed by atoms with Gasteiger partial charge in [-0.15, -0.1) is 0 Å². The SMILES string of the molecule is Cc1ccc2c(n1)nc(C)n2C(C)(C)OP(C)(=O)O. The Balaban J connectivity index is 2.61. The smallest absolute Gasteiger partial charge is 0.324 e. The molecule has 2 aromatic rings. The zero-order valence-electron chi connectivity index (χ0n) is 11.7. The van der Waals surface area contributed by atoms with E-state index in [-0.39, 0.29) is 0 Å². The predicted octanol–water partition coefficient (Wildman–Crippen LogP) is 2.57. The lowest BCUT2D eigenvalue weighted by Gasteiger charge is -2.29. The Labute approximate surface area is 112 Å². The van der Waals surface area contributed by atoms with Gasteiger partial charge in [-0.05, 0) is 39.8 Å². The first-order chi connectivity index (χ1) is 8.60. The zero-order chi connectivity index (χ0) is 14.4. The first kappa shape index (κ1) is 14.2. The van der Waals surface area contributed by atoms with Crippen LogP contribution in [-0.2, 0) is 14.8 Å². The molecule has 0 aromatic carbocycles. The number of fused-ring (bicyclic) bond motifs is 1. The minimum Gasteiger partial charge on any atom is -0.324 e. The molecule has 0 aliphatic carbocycles. The largest absolute Gasteiger partial charge is 0.327 e. The van der Waals surface area contributed by atoms with Crippen LogP contribution in [0.15, 0.2) is 12.1 Å². The number of pyridine rings is 1. The molecule has 0 aliphatic rings. The van der Waals surface area contributed by atoms with E-state index in [4.69, 9.17) is 4.52 Å². The van der Waals surface area contributed by atoms with Gasteiger partial charge in [0.15, 0.2) is 5.65 Å². The second-order valence-electron chi connectivity index (χ2n) is 5.13. The first-order valence-electron chi connectivity index (χ1n) is 5.94. The maximum atomic E-state index is 11.5. The number of aryl methyl sites for hydroxylation is 2. The van der Waals surface area contributed by atoms with Crippen LogP contribution in [0.25, 0.3) is 11.2 Å². The molecule has 6 nitrogen and oxygen atoms in total. The monoisotopic (exact) mass is 283 g/mol. The summed E-state index contributed by atoms with van der Waals surface area (Å²) in [4.78, 5) is 18.2. The molecule has 0 bridgehead atoms. The average molecular weight is 283 g/mol. The van der Waals surface area contributed by atoms with Crippen LogP contribution in [0.2, 0.25) is 0 Å². The van der Waals surface area contributed by atoms with Crippen LogP contribution in [0.1, 0.15) is 25.4 Å². The van der Waals surface area contributed by atoms with Crippen LogP contribution in [-0.4, -0.2) is 26.1 Å². The molecule has 0 fully saturated rings. The van der Waals surface area contributed by atoms with Gasteiger partial charge in [0.25, 0.3) is 0 Å².